The molecule has 0 heterocycles. The van der Waals surface area contributed by atoms with Crippen molar-refractivity contribution in [3.63, 3.8) is 0 Å². The van der Waals surface area contributed by atoms with Crippen LogP contribution in [0.25, 0.3) is 0 Å². The minimum absolute atomic E-state index is 0.161. The van der Waals surface area contributed by atoms with Gasteiger partial charge in [0.15, 0.2) is 9.99 Å². The highest BCUT2D eigenvalue weighted by atomic mass is 35.5. The van der Waals surface area contributed by atoms with Crippen LogP contribution in [0.4, 0.5) is 0 Å². The van der Waals surface area contributed by atoms with E-state index in [-0.39, 0.29) is 24.5 Å². The number of alkyl halides is 1. The Morgan fingerprint density at radius 2 is 2.10 bits per heavy atom. The molecule has 0 N–H and O–H groups in total. The molecule has 7 heteroatoms. The molecule has 21 heavy (non-hydrogen) atoms. The second-order valence-electron chi connectivity index (χ2n) is 4.82. The summed E-state index contributed by atoms with van der Waals surface area (Å²) in [6.07, 6.45) is 6.17. The van der Waals surface area contributed by atoms with E-state index in [2.05, 4.69) is 6.58 Å². The Kier molecular flexibility index (Phi) is 5.92. The average Bonchev–Trinajstić information content (AvgIpc) is 2.44. The van der Waals surface area contributed by atoms with Gasteiger partial charge in [-0.3, -0.25) is 4.79 Å². The van der Waals surface area contributed by atoms with E-state index in [1.54, 1.807) is 18.2 Å². The molecule has 0 bridgehead atoms. The zero-order valence-corrected chi connectivity index (χ0v) is 13.9. The van der Waals surface area contributed by atoms with E-state index in [9.17, 15) is 13.2 Å². The zero-order valence-electron chi connectivity index (χ0n) is 12.4. The van der Waals surface area contributed by atoms with Crippen LogP contribution in [0.1, 0.15) is 6.92 Å². The molecule has 0 fully saturated rings. The summed E-state index contributed by atoms with van der Waals surface area (Å²) in [6, 6.07) is 0. The maximum absolute atomic E-state index is 12.8. The number of sulfonamides is 1. The molecule has 0 aromatic carbocycles. The highest BCUT2D eigenvalue weighted by Gasteiger charge is 2.50. The Morgan fingerprint density at radius 3 is 2.62 bits per heavy atom. The molecule has 2 unspecified atom stereocenters. The molecule has 0 aromatic heterocycles. The highest BCUT2D eigenvalue weighted by Crippen LogP contribution is 2.41. The summed E-state index contributed by atoms with van der Waals surface area (Å²) >= 11 is 6.42. The number of nitrogens with zero attached hydrogens (tertiary/aromatic N) is 1. The molecule has 5 nitrogen and oxygen atoms in total. The highest BCUT2D eigenvalue weighted by molar-refractivity contribution is 7.92. The van der Waals surface area contributed by atoms with Crippen molar-refractivity contribution in [1.29, 1.82) is 0 Å². The van der Waals surface area contributed by atoms with Crippen LogP contribution in [0.2, 0.25) is 0 Å². The molecule has 1 aliphatic rings. The number of hydrogen-bond acceptors (Lipinski definition) is 4. The van der Waals surface area contributed by atoms with Crippen molar-refractivity contribution in [3.8, 4) is 0 Å². The van der Waals surface area contributed by atoms with Crippen molar-refractivity contribution >= 4 is 27.4 Å². The van der Waals surface area contributed by atoms with Gasteiger partial charge in [0.05, 0.1) is 6.61 Å². The Balaban J connectivity index is 3.21. The van der Waals surface area contributed by atoms with Crippen molar-refractivity contribution in [2.75, 3.05) is 27.3 Å². The predicted molar refractivity (Wildman–Crippen MR) is 83.6 cm³/mol. The smallest absolute Gasteiger partial charge is 0.238 e. The number of likely N-dealkylation sites (N-methyl/N-ethyl adjacent to an activating group) is 1. The van der Waals surface area contributed by atoms with Gasteiger partial charge in [0.2, 0.25) is 10.0 Å². The summed E-state index contributed by atoms with van der Waals surface area (Å²) in [5.74, 6) is -1.10. The normalized spacial score (nSPS) is 25.3. The van der Waals surface area contributed by atoms with Gasteiger partial charge in [-0.1, -0.05) is 36.4 Å². The molecule has 1 rings (SSSR count). The number of carbonyl (C=O) groups is 1. The predicted octanol–water partition coefficient (Wildman–Crippen LogP) is 1.72. The lowest BCUT2D eigenvalue weighted by Gasteiger charge is -2.35. The first-order chi connectivity index (χ1) is 9.68. The Labute approximate surface area is 131 Å². The van der Waals surface area contributed by atoms with Gasteiger partial charge < -0.3 is 4.74 Å². The molecule has 0 amide bonds. The lowest BCUT2D eigenvalue weighted by atomic mass is 9.90. The first-order valence-corrected chi connectivity index (χ1v) is 8.19. The summed E-state index contributed by atoms with van der Waals surface area (Å²) in [5.41, 5.74) is 0.161. The molecule has 118 valence electrons. The van der Waals surface area contributed by atoms with Gasteiger partial charge in [-0.2, -0.15) is 0 Å². The summed E-state index contributed by atoms with van der Waals surface area (Å²) in [6.45, 7) is 5.44. The molecule has 0 saturated carbocycles. The van der Waals surface area contributed by atoms with E-state index in [1.165, 1.54) is 27.2 Å². The Hall–Kier alpha value is -0.950. The number of Topliss-reactive ketones (excluding diaryl/α,β-unsaturated/α-hetero) is 1. The van der Waals surface area contributed by atoms with Gasteiger partial charge >= 0.3 is 0 Å². The largest absolute Gasteiger partial charge is 0.383 e. The van der Waals surface area contributed by atoms with Crippen molar-refractivity contribution in [2.45, 2.75) is 11.1 Å². The summed E-state index contributed by atoms with van der Waals surface area (Å²) in [7, 11) is -0.978. The molecule has 2 atom stereocenters. The van der Waals surface area contributed by atoms with Gasteiger partial charge in [0.1, 0.15) is 0 Å². The van der Waals surface area contributed by atoms with E-state index >= 15 is 0 Å². The minimum Gasteiger partial charge on any atom is -0.383 e. The SMILES string of the molecule is C=C(C(C)=O)C1C=CC=CC1(Cl)S(=O)(=O)N(C)CCOC. The molecule has 0 radical (unpaired) electrons. The minimum atomic E-state index is -3.89. The van der Waals surface area contributed by atoms with Crippen LogP contribution in [-0.4, -0.2) is 50.0 Å². The number of ketones is 1. The molecule has 0 aromatic rings. The Bertz CT molecular complexity index is 582. The Morgan fingerprint density at radius 1 is 1.48 bits per heavy atom. The summed E-state index contributed by atoms with van der Waals surface area (Å²) < 4.78 is 29.8. The van der Waals surface area contributed by atoms with Gasteiger partial charge in [-0.05, 0) is 18.6 Å². The number of methoxy groups -OCH3 is 1. The fourth-order valence-electron chi connectivity index (χ4n) is 1.99. The lowest BCUT2D eigenvalue weighted by molar-refractivity contribution is -0.114. The van der Waals surface area contributed by atoms with Crippen LogP contribution < -0.4 is 0 Å². The van der Waals surface area contributed by atoms with E-state index in [0.29, 0.717) is 0 Å². The first kappa shape index (κ1) is 18.1. The lowest BCUT2D eigenvalue weighted by Crippen LogP contribution is -2.48. The maximum atomic E-state index is 12.8. The number of allylic oxidation sites excluding steroid dienone is 4. The molecule has 0 aliphatic heterocycles. The molecular weight excluding hydrogens is 314 g/mol. The fraction of sp³-hybridized carbons (Fsp3) is 0.500. The standard InChI is InChI=1S/C14H20ClNO4S/c1-11(12(2)17)13-7-5-6-8-14(13,15)21(18,19)16(3)9-10-20-4/h5-8,13H,1,9-10H2,2-4H3. The van der Waals surface area contributed by atoms with Crippen LogP contribution in [0.5, 0.6) is 0 Å². The number of hydrogen-bond donors (Lipinski definition) is 0. The van der Waals surface area contributed by atoms with Crippen molar-refractivity contribution in [2.24, 2.45) is 5.92 Å². The van der Waals surface area contributed by atoms with Gasteiger partial charge in [-0.15, -0.1) is 0 Å². The summed E-state index contributed by atoms with van der Waals surface area (Å²) in [5, 5.41) is 0. The van der Waals surface area contributed by atoms with E-state index < -0.39 is 20.1 Å². The molecule has 0 saturated heterocycles. The molecule has 0 spiro atoms. The van der Waals surface area contributed by atoms with Crippen LogP contribution in [0.15, 0.2) is 36.5 Å². The maximum Gasteiger partial charge on any atom is 0.238 e. The van der Waals surface area contributed by atoms with Crippen molar-refractivity contribution < 1.29 is 17.9 Å². The quantitative estimate of drug-likeness (QED) is 0.525. The monoisotopic (exact) mass is 333 g/mol. The third kappa shape index (κ3) is 3.45. The van der Waals surface area contributed by atoms with Crippen molar-refractivity contribution in [3.05, 3.63) is 36.5 Å². The second kappa shape index (κ2) is 6.87. The molecular formula is C14H20ClNO4S. The van der Waals surface area contributed by atoms with Gasteiger partial charge in [0.25, 0.3) is 0 Å². The van der Waals surface area contributed by atoms with E-state index in [1.807, 2.05) is 0 Å². The second-order valence-corrected chi connectivity index (χ2v) is 7.92. The van der Waals surface area contributed by atoms with Crippen LogP contribution in [0, 0.1) is 5.92 Å². The van der Waals surface area contributed by atoms with Gasteiger partial charge in [0, 0.05) is 26.6 Å². The van der Waals surface area contributed by atoms with Crippen molar-refractivity contribution in [1.82, 2.24) is 4.31 Å². The van der Waals surface area contributed by atoms with Gasteiger partial charge in [-0.25, -0.2) is 12.7 Å². The number of rotatable bonds is 7. The number of carbonyl (C=O) groups excluding carboxylic acids is 1. The first-order valence-electron chi connectivity index (χ1n) is 6.38. The van der Waals surface area contributed by atoms with E-state index in [0.717, 1.165) is 4.31 Å². The van der Waals surface area contributed by atoms with E-state index in [4.69, 9.17) is 16.3 Å². The summed E-state index contributed by atoms with van der Waals surface area (Å²) in [4.78, 5) is 11.6. The third-order valence-electron chi connectivity index (χ3n) is 3.41. The topological polar surface area (TPSA) is 63.7 Å². The third-order valence-corrected chi connectivity index (χ3v) is 6.54. The van der Waals surface area contributed by atoms with Crippen LogP contribution in [-0.2, 0) is 19.6 Å². The molecule has 1 aliphatic carbocycles. The van der Waals surface area contributed by atoms with Crippen LogP contribution in [0.3, 0.4) is 0 Å². The fourth-order valence-corrected chi connectivity index (χ4v) is 4.21. The number of ether oxygens (including phenoxy) is 1. The van der Waals surface area contributed by atoms with Crippen LogP contribution >= 0.6 is 11.6 Å². The zero-order chi connectivity index (χ0) is 16.3. The average molecular weight is 334 g/mol. The number of halogens is 1.